The van der Waals surface area contributed by atoms with Gasteiger partial charge in [-0.05, 0) is 39.8 Å². The molecule has 0 radical (unpaired) electrons. The van der Waals surface area contributed by atoms with Crippen molar-refractivity contribution in [2.75, 3.05) is 18.0 Å². The molecule has 0 unspecified atom stereocenters. The molecule has 0 amide bonds. The van der Waals surface area contributed by atoms with Crippen molar-refractivity contribution in [3.05, 3.63) is 23.9 Å². The maximum atomic E-state index is 9.78. The molecule has 0 saturated carbocycles. The summed E-state index contributed by atoms with van der Waals surface area (Å²) in [5.41, 5.74) is 0.309. The molecule has 1 rings (SSSR count). The van der Waals surface area contributed by atoms with Crippen LogP contribution in [0.5, 0.6) is 0 Å². The quantitative estimate of drug-likeness (QED) is 0.822. The zero-order valence-electron chi connectivity index (χ0n) is 9.99. The Balaban J connectivity index is 2.83. The van der Waals surface area contributed by atoms with Gasteiger partial charge in [-0.1, -0.05) is 6.07 Å². The minimum absolute atomic E-state index is 0.597. The lowest BCUT2D eigenvalue weighted by Crippen LogP contribution is -2.39. The van der Waals surface area contributed by atoms with Crippen molar-refractivity contribution < 1.29 is 5.11 Å². The van der Waals surface area contributed by atoms with Crippen LogP contribution in [-0.2, 0) is 0 Å². The molecule has 0 atom stereocenters. The highest BCUT2D eigenvalue weighted by molar-refractivity contribution is 5.39. The Kier molecular flexibility index (Phi) is 3.69. The van der Waals surface area contributed by atoms with Crippen molar-refractivity contribution >= 4 is 5.82 Å². The molecule has 0 aliphatic carbocycles. The molecule has 15 heavy (non-hydrogen) atoms. The van der Waals surface area contributed by atoms with Gasteiger partial charge in [-0.25, -0.2) is 4.98 Å². The molecule has 0 spiro atoms. The Morgan fingerprint density at radius 2 is 2.07 bits per heavy atom. The molecule has 84 valence electrons. The van der Waals surface area contributed by atoms with Gasteiger partial charge in [0.25, 0.3) is 0 Å². The third kappa shape index (κ3) is 3.88. The summed E-state index contributed by atoms with van der Waals surface area (Å²) < 4.78 is 0. The van der Waals surface area contributed by atoms with Gasteiger partial charge in [0.2, 0.25) is 0 Å². The van der Waals surface area contributed by atoms with E-state index in [9.17, 15) is 5.11 Å². The predicted octanol–water partition coefficient (Wildman–Crippen LogP) is 1.99. The van der Waals surface area contributed by atoms with Gasteiger partial charge in [0.05, 0.1) is 5.60 Å². The molecule has 0 fully saturated rings. The van der Waals surface area contributed by atoms with Crippen LogP contribution in [0.4, 0.5) is 5.82 Å². The fourth-order valence-corrected chi connectivity index (χ4v) is 1.53. The second-order valence-corrected chi connectivity index (χ2v) is 4.46. The lowest BCUT2D eigenvalue weighted by atomic mass is 10.1. The summed E-state index contributed by atoms with van der Waals surface area (Å²) in [6.45, 7) is 9.11. The summed E-state index contributed by atoms with van der Waals surface area (Å²) in [7, 11) is 0. The van der Waals surface area contributed by atoms with E-state index in [-0.39, 0.29) is 0 Å². The first-order valence-electron chi connectivity index (χ1n) is 5.33. The molecule has 0 aromatic carbocycles. The third-order valence-corrected chi connectivity index (χ3v) is 2.16. The minimum Gasteiger partial charge on any atom is -0.389 e. The smallest absolute Gasteiger partial charge is 0.128 e. The molecule has 0 saturated heterocycles. The molecular weight excluding hydrogens is 188 g/mol. The molecule has 0 aliphatic rings. The van der Waals surface area contributed by atoms with Gasteiger partial charge in [-0.3, -0.25) is 0 Å². The fraction of sp³-hybridized carbons (Fsp3) is 0.583. The Hall–Kier alpha value is -1.09. The number of pyridine rings is 1. The SMILES string of the molecule is CCN(CC(C)(C)O)c1cccc(C)n1. The lowest BCUT2D eigenvalue weighted by Gasteiger charge is -2.29. The number of aryl methyl sites for hydroxylation is 1. The monoisotopic (exact) mass is 208 g/mol. The second-order valence-electron chi connectivity index (χ2n) is 4.46. The van der Waals surface area contributed by atoms with E-state index in [4.69, 9.17) is 0 Å². The van der Waals surface area contributed by atoms with E-state index in [0.717, 1.165) is 18.1 Å². The van der Waals surface area contributed by atoms with Crippen LogP contribution in [0, 0.1) is 6.92 Å². The first-order chi connectivity index (χ1) is 6.92. The summed E-state index contributed by atoms with van der Waals surface area (Å²) in [6.07, 6.45) is 0. The van der Waals surface area contributed by atoms with Crippen molar-refractivity contribution in [3.8, 4) is 0 Å². The lowest BCUT2D eigenvalue weighted by molar-refractivity contribution is 0.0874. The maximum absolute atomic E-state index is 9.78. The number of aliphatic hydroxyl groups is 1. The zero-order chi connectivity index (χ0) is 11.5. The number of likely N-dealkylation sites (N-methyl/N-ethyl adjacent to an activating group) is 1. The normalized spacial score (nSPS) is 11.5. The molecule has 1 aromatic rings. The number of aromatic nitrogens is 1. The van der Waals surface area contributed by atoms with Crippen molar-refractivity contribution in [2.45, 2.75) is 33.3 Å². The highest BCUT2D eigenvalue weighted by Crippen LogP contribution is 2.14. The van der Waals surface area contributed by atoms with E-state index < -0.39 is 5.60 Å². The van der Waals surface area contributed by atoms with Crippen LogP contribution in [0.3, 0.4) is 0 Å². The summed E-state index contributed by atoms with van der Waals surface area (Å²) in [5.74, 6) is 0.930. The molecule has 3 heteroatoms. The number of nitrogens with zero attached hydrogens (tertiary/aromatic N) is 2. The summed E-state index contributed by atoms with van der Waals surface area (Å²) in [5, 5.41) is 9.78. The first-order valence-corrected chi connectivity index (χ1v) is 5.33. The first kappa shape index (κ1) is 12.0. The van der Waals surface area contributed by atoms with Gasteiger partial charge in [0, 0.05) is 18.8 Å². The van der Waals surface area contributed by atoms with Crippen molar-refractivity contribution in [3.63, 3.8) is 0 Å². The Bertz CT molecular complexity index is 318. The van der Waals surface area contributed by atoms with Gasteiger partial charge in [0.15, 0.2) is 0 Å². The minimum atomic E-state index is -0.693. The number of hydrogen-bond acceptors (Lipinski definition) is 3. The van der Waals surface area contributed by atoms with E-state index in [1.54, 1.807) is 0 Å². The number of rotatable bonds is 4. The van der Waals surface area contributed by atoms with Gasteiger partial charge >= 0.3 is 0 Å². The van der Waals surface area contributed by atoms with Crippen LogP contribution in [0.1, 0.15) is 26.5 Å². The average molecular weight is 208 g/mol. The fourth-order valence-electron chi connectivity index (χ4n) is 1.53. The zero-order valence-corrected chi connectivity index (χ0v) is 9.99. The topological polar surface area (TPSA) is 36.4 Å². The van der Waals surface area contributed by atoms with E-state index in [1.165, 1.54) is 0 Å². The predicted molar refractivity (Wildman–Crippen MR) is 63.2 cm³/mol. The average Bonchev–Trinajstić information content (AvgIpc) is 2.13. The molecule has 1 N–H and O–H groups in total. The molecule has 0 bridgehead atoms. The number of hydrogen-bond donors (Lipinski definition) is 1. The van der Waals surface area contributed by atoms with Crippen molar-refractivity contribution in [2.24, 2.45) is 0 Å². The van der Waals surface area contributed by atoms with E-state index in [2.05, 4.69) is 16.8 Å². The van der Waals surface area contributed by atoms with Gasteiger partial charge < -0.3 is 10.0 Å². The van der Waals surface area contributed by atoms with Gasteiger partial charge in [0.1, 0.15) is 5.82 Å². The molecule has 3 nitrogen and oxygen atoms in total. The van der Waals surface area contributed by atoms with Crippen LogP contribution in [0.15, 0.2) is 18.2 Å². The molecule has 1 heterocycles. The van der Waals surface area contributed by atoms with E-state index in [1.807, 2.05) is 39.0 Å². The Morgan fingerprint density at radius 3 is 2.53 bits per heavy atom. The van der Waals surface area contributed by atoms with Crippen molar-refractivity contribution in [1.29, 1.82) is 0 Å². The summed E-state index contributed by atoms with van der Waals surface area (Å²) in [6, 6.07) is 5.94. The second kappa shape index (κ2) is 4.62. The summed E-state index contributed by atoms with van der Waals surface area (Å²) in [4.78, 5) is 6.52. The maximum Gasteiger partial charge on any atom is 0.128 e. The van der Waals surface area contributed by atoms with E-state index >= 15 is 0 Å². The highest BCUT2D eigenvalue weighted by atomic mass is 16.3. The Labute approximate surface area is 91.8 Å². The van der Waals surface area contributed by atoms with Crippen LogP contribution < -0.4 is 4.90 Å². The third-order valence-electron chi connectivity index (χ3n) is 2.16. The van der Waals surface area contributed by atoms with Gasteiger partial charge in [-0.2, -0.15) is 0 Å². The number of anilines is 1. The van der Waals surface area contributed by atoms with Crippen LogP contribution in [0.25, 0.3) is 0 Å². The summed E-state index contributed by atoms with van der Waals surface area (Å²) >= 11 is 0. The Morgan fingerprint density at radius 1 is 1.40 bits per heavy atom. The molecule has 1 aromatic heterocycles. The van der Waals surface area contributed by atoms with Gasteiger partial charge in [-0.15, -0.1) is 0 Å². The molecular formula is C12H20N2O. The van der Waals surface area contributed by atoms with Crippen LogP contribution >= 0.6 is 0 Å². The van der Waals surface area contributed by atoms with Crippen molar-refractivity contribution in [1.82, 2.24) is 4.98 Å². The standard InChI is InChI=1S/C12H20N2O/c1-5-14(9-12(3,4)15)11-8-6-7-10(2)13-11/h6-8,15H,5,9H2,1-4H3. The van der Waals surface area contributed by atoms with E-state index in [0.29, 0.717) is 6.54 Å². The van der Waals surface area contributed by atoms with Crippen LogP contribution in [-0.4, -0.2) is 28.8 Å². The largest absolute Gasteiger partial charge is 0.389 e. The molecule has 0 aliphatic heterocycles. The van der Waals surface area contributed by atoms with Crippen LogP contribution in [0.2, 0.25) is 0 Å². The highest BCUT2D eigenvalue weighted by Gasteiger charge is 2.18.